The summed E-state index contributed by atoms with van der Waals surface area (Å²) in [5.74, 6) is 0. The molecule has 3 heterocycles. The van der Waals surface area contributed by atoms with Crippen molar-refractivity contribution in [2.24, 2.45) is 7.05 Å². The molecule has 4 aromatic carbocycles. The molecular formula is C35H24NS2+. The van der Waals surface area contributed by atoms with Crippen LogP contribution < -0.4 is 4.57 Å². The summed E-state index contributed by atoms with van der Waals surface area (Å²) < 4.78 is 6.43. The van der Waals surface area contributed by atoms with Crippen molar-refractivity contribution in [1.29, 1.82) is 0 Å². The summed E-state index contributed by atoms with van der Waals surface area (Å²) in [6.07, 6.45) is 2.23. The molecule has 0 spiro atoms. The molecule has 3 heteroatoms. The minimum atomic E-state index is 1.30. The molecule has 180 valence electrons. The van der Waals surface area contributed by atoms with Gasteiger partial charge in [0, 0.05) is 27.5 Å². The van der Waals surface area contributed by atoms with E-state index in [4.69, 9.17) is 0 Å². The van der Waals surface area contributed by atoms with Crippen LogP contribution in [0.3, 0.4) is 0 Å². The molecule has 1 aliphatic rings. The Hall–Kier alpha value is -4.05. The SMILES string of the molecule is Cc1ccccc1-c1c2sc3c4c(sc3c2cc[n+]1C)-c1ccccc1-c1ccccc1-c1ccccc1-4. The van der Waals surface area contributed by atoms with Crippen molar-refractivity contribution in [1.82, 2.24) is 0 Å². The summed E-state index contributed by atoms with van der Waals surface area (Å²) in [7, 11) is 2.17. The number of nitrogens with zero attached hydrogens (tertiary/aromatic N) is 1. The molecule has 1 aliphatic carbocycles. The molecule has 0 saturated heterocycles. The number of aromatic nitrogens is 1. The largest absolute Gasteiger partial charge is 0.230 e. The van der Waals surface area contributed by atoms with E-state index in [0.29, 0.717) is 0 Å². The first-order chi connectivity index (χ1) is 18.7. The van der Waals surface area contributed by atoms with Crippen LogP contribution in [0, 0.1) is 6.92 Å². The molecule has 0 bridgehead atoms. The number of fused-ring (bicyclic) bond motifs is 12. The lowest BCUT2D eigenvalue weighted by atomic mass is 9.84. The smallest absolute Gasteiger partial charge is 0.200 e. The van der Waals surface area contributed by atoms with Gasteiger partial charge < -0.3 is 0 Å². The van der Waals surface area contributed by atoms with E-state index in [1.807, 2.05) is 22.7 Å². The number of hydrogen-bond acceptors (Lipinski definition) is 2. The van der Waals surface area contributed by atoms with Crippen molar-refractivity contribution in [3.8, 4) is 55.1 Å². The Morgan fingerprint density at radius 1 is 0.500 bits per heavy atom. The molecule has 38 heavy (non-hydrogen) atoms. The van der Waals surface area contributed by atoms with Gasteiger partial charge in [-0.25, -0.2) is 0 Å². The van der Waals surface area contributed by atoms with Gasteiger partial charge in [-0.05, 0) is 46.4 Å². The first kappa shape index (κ1) is 22.0. The molecule has 0 amide bonds. The Balaban J connectivity index is 1.54. The van der Waals surface area contributed by atoms with Crippen molar-refractivity contribution < 1.29 is 4.57 Å². The molecule has 3 aromatic heterocycles. The molecule has 0 fully saturated rings. The fourth-order valence-electron chi connectivity index (χ4n) is 6.09. The first-order valence-electron chi connectivity index (χ1n) is 12.9. The Morgan fingerprint density at radius 2 is 1.03 bits per heavy atom. The maximum Gasteiger partial charge on any atom is 0.230 e. The van der Waals surface area contributed by atoms with Gasteiger partial charge in [0.05, 0.1) is 15.0 Å². The van der Waals surface area contributed by atoms with Crippen molar-refractivity contribution in [3.05, 3.63) is 115 Å². The highest BCUT2D eigenvalue weighted by Crippen LogP contribution is 2.56. The average molecular weight is 523 g/mol. The second-order valence-corrected chi connectivity index (χ2v) is 12.1. The highest BCUT2D eigenvalue weighted by atomic mass is 32.1. The molecule has 7 aromatic rings. The van der Waals surface area contributed by atoms with Crippen LogP contribution in [0.1, 0.15) is 5.56 Å². The lowest BCUT2D eigenvalue weighted by molar-refractivity contribution is -0.659. The summed E-state index contributed by atoms with van der Waals surface area (Å²) in [6, 6.07) is 37.8. The fraction of sp³-hybridized carbons (Fsp3) is 0.0571. The van der Waals surface area contributed by atoms with Crippen molar-refractivity contribution in [3.63, 3.8) is 0 Å². The molecule has 0 unspecified atom stereocenters. The highest BCUT2D eigenvalue weighted by molar-refractivity contribution is 7.35. The predicted molar refractivity (Wildman–Crippen MR) is 164 cm³/mol. The second-order valence-electron chi connectivity index (χ2n) is 10.0. The molecule has 0 aliphatic heterocycles. The van der Waals surface area contributed by atoms with E-state index in [1.165, 1.54) is 80.1 Å². The van der Waals surface area contributed by atoms with Gasteiger partial charge in [0.25, 0.3) is 0 Å². The van der Waals surface area contributed by atoms with Crippen molar-refractivity contribution in [2.75, 3.05) is 0 Å². The molecule has 0 radical (unpaired) electrons. The van der Waals surface area contributed by atoms with E-state index in [0.717, 1.165) is 0 Å². The topological polar surface area (TPSA) is 3.88 Å². The zero-order chi connectivity index (χ0) is 25.4. The Bertz CT molecular complexity index is 2060. The average Bonchev–Trinajstić information content (AvgIpc) is 3.49. The minimum absolute atomic E-state index is 1.30. The van der Waals surface area contributed by atoms with E-state index in [-0.39, 0.29) is 0 Å². The highest BCUT2D eigenvalue weighted by Gasteiger charge is 2.29. The first-order valence-corrected chi connectivity index (χ1v) is 14.6. The quantitative estimate of drug-likeness (QED) is 0.189. The van der Waals surface area contributed by atoms with Gasteiger partial charge in [0.2, 0.25) is 5.69 Å². The molecule has 8 rings (SSSR count). The Morgan fingerprint density at radius 3 is 1.68 bits per heavy atom. The van der Waals surface area contributed by atoms with Crippen molar-refractivity contribution in [2.45, 2.75) is 6.92 Å². The summed E-state index contributed by atoms with van der Waals surface area (Å²) in [5, 5.41) is 1.35. The standard InChI is InChI=1S/C35H24NS2/c1-21-11-3-4-12-22(21)31-33-29(19-20-36(31)2)34-35(38-33)30-27-17-9-7-15-25(27)23-13-5-6-14-24(23)26-16-8-10-18-28(26)32(30)37-34/h3-20H,1-2H3/q+1. The Kier molecular flexibility index (Phi) is 4.76. The third-order valence-corrected chi connectivity index (χ3v) is 10.5. The number of rotatable bonds is 1. The molecule has 0 N–H and O–H groups in total. The van der Waals surface area contributed by atoms with Gasteiger partial charge in [0.1, 0.15) is 11.7 Å². The van der Waals surface area contributed by atoms with Crippen LogP contribution in [-0.4, -0.2) is 0 Å². The molecular weight excluding hydrogens is 499 g/mol. The lowest BCUT2D eigenvalue weighted by Crippen LogP contribution is -2.30. The monoisotopic (exact) mass is 522 g/mol. The van der Waals surface area contributed by atoms with Crippen LogP contribution in [0.15, 0.2) is 109 Å². The van der Waals surface area contributed by atoms with Crippen LogP contribution in [0.4, 0.5) is 0 Å². The van der Waals surface area contributed by atoms with Gasteiger partial charge in [-0.1, -0.05) is 91.0 Å². The minimum Gasteiger partial charge on any atom is -0.200 e. The van der Waals surface area contributed by atoms with E-state index in [1.54, 1.807) is 0 Å². The van der Waals surface area contributed by atoms with Crippen LogP contribution in [0.2, 0.25) is 0 Å². The van der Waals surface area contributed by atoms with Crippen LogP contribution in [0.25, 0.3) is 74.6 Å². The summed E-state index contributed by atoms with van der Waals surface area (Å²) >= 11 is 3.91. The third kappa shape index (κ3) is 3.00. The number of thiophene rings is 2. The summed E-state index contributed by atoms with van der Waals surface area (Å²) in [6.45, 7) is 2.21. The van der Waals surface area contributed by atoms with Gasteiger partial charge in [-0.2, -0.15) is 4.57 Å². The molecule has 1 nitrogen and oxygen atoms in total. The van der Waals surface area contributed by atoms with Gasteiger partial charge in [-0.3, -0.25) is 0 Å². The lowest BCUT2D eigenvalue weighted by Gasteiger charge is -2.20. The zero-order valence-corrected chi connectivity index (χ0v) is 22.8. The predicted octanol–water partition coefficient (Wildman–Crippen LogP) is 9.90. The van der Waals surface area contributed by atoms with Crippen LogP contribution in [-0.2, 0) is 7.05 Å². The van der Waals surface area contributed by atoms with E-state index < -0.39 is 0 Å². The summed E-state index contributed by atoms with van der Waals surface area (Å²) in [4.78, 5) is 1.37. The maximum absolute atomic E-state index is 2.32. The van der Waals surface area contributed by atoms with Crippen LogP contribution in [0.5, 0.6) is 0 Å². The van der Waals surface area contributed by atoms with Gasteiger partial charge in [-0.15, -0.1) is 22.7 Å². The van der Waals surface area contributed by atoms with E-state index in [2.05, 4.69) is 128 Å². The molecule has 0 atom stereocenters. The second kappa shape index (κ2) is 8.22. The fourth-order valence-corrected chi connectivity index (χ4v) is 9.10. The zero-order valence-electron chi connectivity index (χ0n) is 21.2. The van der Waals surface area contributed by atoms with Crippen molar-refractivity contribution >= 4 is 42.2 Å². The van der Waals surface area contributed by atoms with Crippen LogP contribution >= 0.6 is 22.7 Å². The maximum atomic E-state index is 2.32. The normalized spacial score (nSPS) is 11.9. The number of benzene rings is 4. The number of pyridine rings is 1. The third-order valence-electron chi connectivity index (χ3n) is 7.87. The van der Waals surface area contributed by atoms with E-state index in [9.17, 15) is 0 Å². The summed E-state index contributed by atoms with van der Waals surface area (Å²) in [5.41, 5.74) is 13.1. The Labute approximate surface area is 229 Å². The van der Waals surface area contributed by atoms with Gasteiger partial charge in [0.15, 0.2) is 6.20 Å². The van der Waals surface area contributed by atoms with E-state index >= 15 is 0 Å². The van der Waals surface area contributed by atoms with Gasteiger partial charge >= 0.3 is 0 Å². The molecule has 0 saturated carbocycles. The number of hydrogen-bond donors (Lipinski definition) is 0. The number of aryl methyl sites for hydroxylation is 2.